The smallest absolute Gasteiger partial charge is 0.408 e. The van der Waals surface area contributed by atoms with Crippen LogP contribution in [0.25, 0.3) is 0 Å². The van der Waals surface area contributed by atoms with Crippen molar-refractivity contribution in [3.05, 3.63) is 71.5 Å². The number of carbonyl (C=O) groups is 2. The summed E-state index contributed by atoms with van der Waals surface area (Å²) in [5.41, 5.74) is 1.18. The molecule has 0 spiro atoms. The molecule has 0 bridgehead atoms. The Morgan fingerprint density at radius 1 is 1.06 bits per heavy atom. The van der Waals surface area contributed by atoms with E-state index in [-0.39, 0.29) is 24.9 Å². The average Bonchev–Trinajstić information content (AvgIpc) is 2.84. The topological polar surface area (TPSA) is 83.1 Å². The van der Waals surface area contributed by atoms with Gasteiger partial charge in [-0.05, 0) is 57.4 Å². The Morgan fingerprint density at radius 2 is 1.74 bits per heavy atom. The summed E-state index contributed by atoms with van der Waals surface area (Å²) in [5, 5.41) is 2.54. The van der Waals surface area contributed by atoms with Gasteiger partial charge in [-0.2, -0.15) is 0 Å². The Labute approximate surface area is 205 Å². The van der Waals surface area contributed by atoms with E-state index in [9.17, 15) is 14.0 Å². The van der Waals surface area contributed by atoms with E-state index in [4.69, 9.17) is 18.9 Å². The van der Waals surface area contributed by atoms with E-state index >= 15 is 0 Å². The quantitative estimate of drug-likeness (QED) is 0.608. The Balaban J connectivity index is 1.77. The van der Waals surface area contributed by atoms with Crippen LogP contribution in [0, 0.1) is 11.7 Å². The van der Waals surface area contributed by atoms with Gasteiger partial charge in [0.2, 0.25) is 0 Å². The Bertz CT molecular complexity index is 960. The second kappa shape index (κ2) is 12.1. The second-order valence-corrected chi connectivity index (χ2v) is 9.71. The third-order valence-electron chi connectivity index (χ3n) is 5.62. The lowest BCUT2D eigenvalue weighted by Crippen LogP contribution is -2.47. The summed E-state index contributed by atoms with van der Waals surface area (Å²) in [6, 6.07) is 14.9. The molecular weight excluding hydrogens is 453 g/mol. The van der Waals surface area contributed by atoms with Crippen molar-refractivity contribution < 1.29 is 32.9 Å². The van der Waals surface area contributed by atoms with Crippen molar-refractivity contribution in [2.45, 2.75) is 64.6 Å². The fourth-order valence-electron chi connectivity index (χ4n) is 3.84. The molecule has 7 nitrogen and oxygen atoms in total. The van der Waals surface area contributed by atoms with Crippen LogP contribution in [0.1, 0.15) is 38.8 Å². The van der Waals surface area contributed by atoms with Gasteiger partial charge in [0, 0.05) is 5.92 Å². The number of rotatable bonds is 6. The molecule has 1 aliphatic heterocycles. The van der Waals surface area contributed by atoms with Gasteiger partial charge >= 0.3 is 12.1 Å². The maximum absolute atomic E-state index is 13.4. The van der Waals surface area contributed by atoms with Gasteiger partial charge in [0.05, 0.1) is 25.9 Å². The lowest BCUT2D eigenvalue weighted by atomic mass is 9.89. The summed E-state index contributed by atoms with van der Waals surface area (Å²) >= 11 is 0. The summed E-state index contributed by atoms with van der Waals surface area (Å²) < 4.78 is 36.6. The SMILES string of the molecule is CC1OC(=O)C(NC(=O)OC(C)(C)C)COCC(OCc2ccccc2)C1Cc1ccc(F)cc1. The Morgan fingerprint density at radius 3 is 2.40 bits per heavy atom. The first kappa shape index (κ1) is 26.6. The highest BCUT2D eigenvalue weighted by molar-refractivity contribution is 5.81. The highest BCUT2D eigenvalue weighted by Crippen LogP contribution is 2.25. The second-order valence-electron chi connectivity index (χ2n) is 9.71. The molecule has 1 N–H and O–H groups in total. The van der Waals surface area contributed by atoms with E-state index in [0.29, 0.717) is 13.0 Å². The predicted molar refractivity (Wildman–Crippen MR) is 128 cm³/mol. The van der Waals surface area contributed by atoms with Crippen LogP contribution in [0.15, 0.2) is 54.6 Å². The highest BCUT2D eigenvalue weighted by atomic mass is 19.1. The average molecular weight is 488 g/mol. The van der Waals surface area contributed by atoms with Crippen LogP contribution in [0.2, 0.25) is 0 Å². The van der Waals surface area contributed by atoms with Crippen LogP contribution < -0.4 is 5.32 Å². The van der Waals surface area contributed by atoms with Crippen molar-refractivity contribution in [1.29, 1.82) is 0 Å². The van der Waals surface area contributed by atoms with Crippen molar-refractivity contribution in [2.75, 3.05) is 13.2 Å². The van der Waals surface area contributed by atoms with Crippen LogP contribution in [-0.2, 0) is 36.8 Å². The zero-order chi connectivity index (χ0) is 25.4. The summed E-state index contributed by atoms with van der Waals surface area (Å²) in [6.45, 7) is 7.46. The van der Waals surface area contributed by atoms with Gasteiger partial charge in [0.1, 0.15) is 17.5 Å². The van der Waals surface area contributed by atoms with Crippen LogP contribution in [0.4, 0.5) is 9.18 Å². The maximum atomic E-state index is 13.4. The summed E-state index contributed by atoms with van der Waals surface area (Å²) in [4.78, 5) is 25.1. The normalized spacial score (nSPS) is 23.4. The number of cyclic esters (lactones) is 1. The zero-order valence-corrected chi connectivity index (χ0v) is 20.7. The van der Waals surface area contributed by atoms with Gasteiger partial charge in [-0.1, -0.05) is 42.5 Å². The molecule has 1 heterocycles. The number of esters is 1. The minimum atomic E-state index is -1.02. The molecule has 2 aromatic rings. The lowest BCUT2D eigenvalue weighted by molar-refractivity contribution is -0.155. The molecule has 0 aromatic heterocycles. The Kier molecular flexibility index (Phi) is 9.23. The highest BCUT2D eigenvalue weighted by Gasteiger charge is 2.36. The number of benzene rings is 2. The molecule has 1 amide bonds. The number of amides is 1. The molecule has 1 aliphatic rings. The molecule has 8 heteroatoms. The van der Waals surface area contributed by atoms with Gasteiger partial charge in [0.15, 0.2) is 6.04 Å². The number of alkyl carbamates (subject to hydrolysis) is 1. The monoisotopic (exact) mass is 487 g/mol. The van der Waals surface area contributed by atoms with E-state index in [0.717, 1.165) is 11.1 Å². The minimum Gasteiger partial charge on any atom is -0.461 e. The lowest BCUT2D eigenvalue weighted by Gasteiger charge is -2.31. The first-order valence-electron chi connectivity index (χ1n) is 11.8. The van der Waals surface area contributed by atoms with Crippen molar-refractivity contribution in [1.82, 2.24) is 5.32 Å². The number of hydrogen-bond donors (Lipinski definition) is 1. The van der Waals surface area contributed by atoms with Gasteiger partial charge in [-0.25, -0.2) is 14.0 Å². The van der Waals surface area contributed by atoms with Crippen LogP contribution >= 0.6 is 0 Å². The van der Waals surface area contributed by atoms with Gasteiger partial charge < -0.3 is 24.3 Å². The molecule has 35 heavy (non-hydrogen) atoms. The number of halogens is 1. The third-order valence-corrected chi connectivity index (χ3v) is 5.62. The van der Waals surface area contributed by atoms with Crippen molar-refractivity contribution in [3.8, 4) is 0 Å². The minimum absolute atomic E-state index is 0.0841. The first-order valence-corrected chi connectivity index (χ1v) is 11.8. The molecule has 3 rings (SSSR count). The largest absolute Gasteiger partial charge is 0.461 e. The number of hydrogen-bond acceptors (Lipinski definition) is 6. The van der Waals surface area contributed by atoms with E-state index in [1.165, 1.54) is 12.1 Å². The van der Waals surface area contributed by atoms with E-state index in [1.54, 1.807) is 39.8 Å². The molecule has 0 radical (unpaired) electrons. The van der Waals surface area contributed by atoms with Gasteiger partial charge in [-0.15, -0.1) is 0 Å². The number of ether oxygens (including phenoxy) is 4. The van der Waals surface area contributed by atoms with Crippen LogP contribution in [0.3, 0.4) is 0 Å². The molecule has 0 aliphatic carbocycles. The molecule has 0 saturated carbocycles. The fraction of sp³-hybridized carbons (Fsp3) is 0.481. The van der Waals surface area contributed by atoms with Crippen LogP contribution in [-0.4, -0.2) is 49.1 Å². The van der Waals surface area contributed by atoms with E-state index in [1.807, 2.05) is 30.3 Å². The fourth-order valence-corrected chi connectivity index (χ4v) is 3.84. The molecule has 1 fully saturated rings. The summed E-state index contributed by atoms with van der Waals surface area (Å²) in [6.07, 6.45) is -1.21. The third kappa shape index (κ3) is 8.64. The number of nitrogens with one attached hydrogen (secondary N) is 1. The zero-order valence-electron chi connectivity index (χ0n) is 20.7. The number of carbonyl (C=O) groups excluding carboxylic acids is 2. The molecule has 4 unspecified atom stereocenters. The van der Waals surface area contributed by atoms with Crippen molar-refractivity contribution in [2.24, 2.45) is 5.92 Å². The Hall–Kier alpha value is -2.97. The molecule has 2 aromatic carbocycles. The summed E-state index contributed by atoms with van der Waals surface area (Å²) in [7, 11) is 0. The molecular formula is C27H34FNO6. The van der Waals surface area contributed by atoms with Gasteiger partial charge in [-0.3, -0.25) is 0 Å². The van der Waals surface area contributed by atoms with E-state index < -0.39 is 35.9 Å². The first-order chi connectivity index (χ1) is 16.6. The molecule has 190 valence electrons. The standard InChI is InChI=1S/C27H34FNO6/c1-18-22(14-19-10-12-21(28)13-11-19)24(33-15-20-8-6-5-7-9-20)17-32-16-23(25(30)34-18)29-26(31)35-27(2,3)4/h5-13,18,22-24H,14-17H2,1-4H3,(H,29,31). The van der Waals surface area contributed by atoms with Crippen molar-refractivity contribution >= 4 is 12.1 Å². The molecule has 4 atom stereocenters. The summed E-state index contributed by atoms with van der Waals surface area (Å²) in [5.74, 6) is -1.21. The predicted octanol–water partition coefficient (Wildman–Crippen LogP) is 4.43. The maximum Gasteiger partial charge on any atom is 0.408 e. The van der Waals surface area contributed by atoms with E-state index in [2.05, 4.69) is 5.32 Å². The van der Waals surface area contributed by atoms with Crippen molar-refractivity contribution in [3.63, 3.8) is 0 Å². The molecule has 1 saturated heterocycles. The van der Waals surface area contributed by atoms with Gasteiger partial charge in [0.25, 0.3) is 0 Å². The van der Waals surface area contributed by atoms with Crippen LogP contribution in [0.5, 0.6) is 0 Å².